The van der Waals surface area contributed by atoms with Crippen molar-refractivity contribution in [1.29, 1.82) is 0 Å². The van der Waals surface area contributed by atoms with Gasteiger partial charge in [0.15, 0.2) is 0 Å². The summed E-state index contributed by atoms with van der Waals surface area (Å²) in [6, 6.07) is -3.07. The van der Waals surface area contributed by atoms with E-state index in [0.717, 1.165) is 69.6 Å². The van der Waals surface area contributed by atoms with E-state index in [4.69, 9.17) is 5.73 Å². The topological polar surface area (TPSA) is 188 Å². The molecule has 4 aliphatic carbocycles. The van der Waals surface area contributed by atoms with Crippen LogP contribution in [0.3, 0.4) is 0 Å². The van der Waals surface area contributed by atoms with Crippen LogP contribution in [0.15, 0.2) is 11.3 Å². The summed E-state index contributed by atoms with van der Waals surface area (Å²) in [7, 11) is -2.04. The summed E-state index contributed by atoms with van der Waals surface area (Å²) in [5.74, 6) is -2.51. The number of likely N-dealkylation sites (tertiary alicyclic amines) is 1. The minimum Gasteiger partial charge on any atom is -0.363 e. The average molecular weight is 691 g/mol. The highest BCUT2D eigenvalue weighted by Gasteiger charge is 2.63. The lowest BCUT2D eigenvalue weighted by atomic mass is 9.86. The first-order chi connectivity index (χ1) is 22.4. The first-order valence-electron chi connectivity index (χ1n) is 17.6. The number of Topliss-reactive ketones (excluding diaryl/α,β-unsaturated/α-hetero) is 1. The van der Waals surface area contributed by atoms with Crippen molar-refractivity contribution in [2.75, 3.05) is 26.4 Å². The summed E-state index contributed by atoms with van der Waals surface area (Å²) in [6.07, 6.45) is 11.2. The maximum atomic E-state index is 14.7. The van der Waals surface area contributed by atoms with Gasteiger partial charge < -0.3 is 26.6 Å². The summed E-state index contributed by atoms with van der Waals surface area (Å²) >= 11 is 0. The van der Waals surface area contributed by atoms with Crippen molar-refractivity contribution in [3.05, 3.63) is 11.3 Å². The third kappa shape index (κ3) is 8.06. The molecule has 268 valence electrons. The molecule has 1 saturated heterocycles. The zero-order valence-electron chi connectivity index (χ0n) is 29.1. The molecule has 5 fully saturated rings. The lowest BCUT2D eigenvalue weighted by Crippen LogP contribution is -2.56. The molecule has 4 saturated carbocycles. The molecule has 0 radical (unpaired) electrons. The molecule has 13 nitrogen and oxygen atoms in total. The van der Waals surface area contributed by atoms with Crippen molar-refractivity contribution in [2.45, 2.75) is 116 Å². The number of nitrogens with zero attached hydrogens (tertiary/aromatic N) is 2. The highest BCUT2D eigenvalue weighted by Crippen LogP contribution is 2.66. The van der Waals surface area contributed by atoms with Crippen LogP contribution in [0.5, 0.6) is 0 Å². The van der Waals surface area contributed by atoms with Gasteiger partial charge >= 0.3 is 6.03 Å². The minimum atomic E-state index is -3.50. The van der Waals surface area contributed by atoms with Crippen molar-refractivity contribution < 1.29 is 32.4 Å². The number of nitrogens with one attached hydrogen (secondary N) is 3. The van der Waals surface area contributed by atoms with Gasteiger partial charge in [-0.3, -0.25) is 19.2 Å². The molecule has 0 aromatic carbocycles. The number of carbonyl (C=O) groups is 5. The SMILES string of the molecule is CN(C[C@@H](NC(=O)NC(C(=O)N1C[C@H]2[C@H](CCC23CC3)[C@H]1C(=O)NC(CC1CC1)C(=O)C(N)=O)=C1CCCCC1)C(C)(C)C)S(C)(=O)=O. The number of rotatable bonds is 12. The number of carbonyl (C=O) groups excluding carboxylic acids is 5. The van der Waals surface area contributed by atoms with Crippen LogP contribution < -0.4 is 21.7 Å². The van der Waals surface area contributed by atoms with Crippen LogP contribution in [0.25, 0.3) is 0 Å². The summed E-state index contributed by atoms with van der Waals surface area (Å²) in [4.78, 5) is 68.7. The van der Waals surface area contributed by atoms with E-state index >= 15 is 0 Å². The van der Waals surface area contributed by atoms with Gasteiger partial charge in [-0.2, -0.15) is 0 Å². The summed E-state index contributed by atoms with van der Waals surface area (Å²) in [5.41, 5.74) is 5.96. The molecule has 5 aliphatic rings. The monoisotopic (exact) mass is 690 g/mol. The highest BCUT2D eigenvalue weighted by atomic mass is 32.2. The van der Waals surface area contributed by atoms with Gasteiger partial charge in [-0.1, -0.05) is 40.0 Å². The number of hydrogen-bond acceptors (Lipinski definition) is 7. The van der Waals surface area contributed by atoms with E-state index < -0.39 is 63.1 Å². The van der Waals surface area contributed by atoms with Gasteiger partial charge in [0.1, 0.15) is 11.7 Å². The second kappa shape index (κ2) is 13.7. The van der Waals surface area contributed by atoms with Crippen molar-refractivity contribution in [3.8, 4) is 0 Å². The largest absolute Gasteiger partial charge is 0.363 e. The molecule has 0 aromatic rings. The fourth-order valence-electron chi connectivity index (χ4n) is 8.13. The van der Waals surface area contributed by atoms with Gasteiger partial charge in [-0.15, -0.1) is 0 Å². The highest BCUT2D eigenvalue weighted by molar-refractivity contribution is 7.88. The first-order valence-corrected chi connectivity index (χ1v) is 19.4. The number of likely N-dealkylation sites (N-methyl/N-ethyl adjacent to an activating group) is 1. The van der Waals surface area contributed by atoms with Gasteiger partial charge in [0.05, 0.1) is 12.3 Å². The Morgan fingerprint density at radius 1 is 1.00 bits per heavy atom. The van der Waals surface area contributed by atoms with Crippen LogP contribution in [0.4, 0.5) is 4.79 Å². The second-order valence-corrected chi connectivity index (χ2v) is 18.2. The Bertz CT molecular complexity index is 1450. The molecule has 48 heavy (non-hydrogen) atoms. The van der Waals surface area contributed by atoms with E-state index in [-0.39, 0.29) is 35.4 Å². The Hall–Kier alpha value is -3.00. The van der Waals surface area contributed by atoms with Gasteiger partial charge in [-0.05, 0) is 91.9 Å². The summed E-state index contributed by atoms with van der Waals surface area (Å²) in [6.45, 7) is 6.13. The Labute approximate surface area is 284 Å². The molecule has 14 heteroatoms. The van der Waals surface area contributed by atoms with E-state index in [1.165, 1.54) is 11.4 Å². The van der Waals surface area contributed by atoms with Crippen molar-refractivity contribution in [2.24, 2.45) is 34.3 Å². The summed E-state index contributed by atoms with van der Waals surface area (Å²) in [5, 5.41) is 8.63. The van der Waals surface area contributed by atoms with E-state index in [9.17, 15) is 32.4 Å². The number of sulfonamides is 1. The number of hydrogen-bond donors (Lipinski definition) is 4. The van der Waals surface area contributed by atoms with Crippen LogP contribution in [-0.2, 0) is 29.2 Å². The number of urea groups is 1. The lowest BCUT2D eigenvalue weighted by Gasteiger charge is -2.34. The van der Waals surface area contributed by atoms with Crippen molar-refractivity contribution in [3.63, 3.8) is 0 Å². The normalized spacial score (nSPS) is 26.1. The number of nitrogens with two attached hydrogens (primary N) is 1. The molecule has 5 atom stereocenters. The van der Waals surface area contributed by atoms with Gasteiger partial charge in [0, 0.05) is 26.2 Å². The third-order valence-electron chi connectivity index (χ3n) is 11.6. The maximum absolute atomic E-state index is 14.7. The van der Waals surface area contributed by atoms with Gasteiger partial charge in [-0.25, -0.2) is 17.5 Å². The number of fused-ring (bicyclic) bond motifs is 2. The molecule has 0 bridgehead atoms. The first kappa shape index (κ1) is 36.3. The standard InChI is InChI=1S/C34H54N6O7S/c1-33(2,3)25(19-39(4)48(5,46)47)37-32(45)38-26(21-9-7-6-8-10-21)31(44)40-18-23-22(13-14-34(23)15-16-34)27(40)30(43)36-24(17-20-11-12-20)28(41)29(35)42/h20,22-25,27H,6-19H2,1-5H3,(H2,35,42)(H,36,43)(H2,37,38,45)/t22-,23-,24?,25+,27-/m0/s1. The molecular formula is C34H54N6O7S. The van der Waals surface area contributed by atoms with Crippen LogP contribution >= 0.6 is 0 Å². The zero-order chi connectivity index (χ0) is 35.2. The van der Waals surface area contributed by atoms with E-state index in [1.807, 2.05) is 20.8 Å². The lowest BCUT2D eigenvalue weighted by molar-refractivity contribution is -0.141. The average Bonchev–Trinajstić information content (AvgIpc) is 3.92. The molecule has 1 unspecified atom stereocenters. The molecule has 5 amide bonds. The zero-order valence-corrected chi connectivity index (χ0v) is 29.9. The molecule has 1 heterocycles. The van der Waals surface area contributed by atoms with Crippen LogP contribution in [0.1, 0.15) is 97.8 Å². The minimum absolute atomic E-state index is 0.0431. The number of ketones is 1. The van der Waals surface area contributed by atoms with Gasteiger partial charge in [0.2, 0.25) is 21.7 Å². The Kier molecular flexibility index (Phi) is 10.4. The molecule has 5 N–H and O–H groups in total. The maximum Gasteiger partial charge on any atom is 0.319 e. The van der Waals surface area contributed by atoms with Crippen LogP contribution in [-0.4, -0.2) is 91.7 Å². The van der Waals surface area contributed by atoms with E-state index in [1.54, 1.807) is 4.90 Å². The quantitative estimate of drug-likeness (QED) is 0.178. The number of allylic oxidation sites excluding steroid dienone is 1. The summed E-state index contributed by atoms with van der Waals surface area (Å²) < 4.78 is 25.5. The molecule has 0 aromatic heterocycles. The Morgan fingerprint density at radius 2 is 1.65 bits per heavy atom. The molecule has 5 rings (SSSR count). The van der Waals surface area contributed by atoms with Gasteiger partial charge in [0.25, 0.3) is 11.8 Å². The number of amides is 5. The molecule has 1 aliphatic heterocycles. The molecule has 1 spiro atoms. The third-order valence-corrected chi connectivity index (χ3v) is 12.9. The predicted octanol–water partition coefficient (Wildman–Crippen LogP) is 2.17. The van der Waals surface area contributed by atoms with Crippen LogP contribution in [0.2, 0.25) is 0 Å². The van der Waals surface area contributed by atoms with Crippen LogP contribution in [0, 0.1) is 28.6 Å². The Balaban J connectivity index is 1.41. The fraction of sp³-hybridized carbons (Fsp3) is 0.794. The smallest absolute Gasteiger partial charge is 0.319 e. The predicted molar refractivity (Wildman–Crippen MR) is 179 cm³/mol. The van der Waals surface area contributed by atoms with Crippen molar-refractivity contribution >= 4 is 39.6 Å². The van der Waals surface area contributed by atoms with E-state index in [0.29, 0.717) is 25.8 Å². The number of primary amides is 1. The van der Waals surface area contributed by atoms with E-state index in [2.05, 4.69) is 16.0 Å². The second-order valence-electron chi connectivity index (χ2n) is 16.1. The Morgan fingerprint density at radius 3 is 2.19 bits per heavy atom. The fourth-order valence-corrected chi connectivity index (χ4v) is 8.55. The molecular weight excluding hydrogens is 636 g/mol. The van der Waals surface area contributed by atoms with Crippen molar-refractivity contribution in [1.82, 2.24) is 25.2 Å².